The minimum atomic E-state index is -0.933. The molecular formula is C21H26N4O4. The van der Waals surface area contributed by atoms with Crippen molar-refractivity contribution in [3.8, 4) is 0 Å². The van der Waals surface area contributed by atoms with Gasteiger partial charge >= 0.3 is 0 Å². The van der Waals surface area contributed by atoms with Gasteiger partial charge < -0.3 is 10.6 Å². The molecule has 0 spiro atoms. The van der Waals surface area contributed by atoms with E-state index in [4.69, 9.17) is 0 Å². The van der Waals surface area contributed by atoms with Gasteiger partial charge in [0.25, 0.3) is 11.8 Å². The number of fused-ring (bicyclic) bond motifs is 1. The smallest absolute Gasteiger partial charge is 0.262 e. The van der Waals surface area contributed by atoms with Gasteiger partial charge in [-0.2, -0.15) is 0 Å². The second-order valence-electron chi connectivity index (χ2n) is 8.71. The molecule has 0 aromatic heterocycles. The van der Waals surface area contributed by atoms with Gasteiger partial charge in [0.2, 0.25) is 11.8 Å². The maximum atomic E-state index is 12.9. The highest BCUT2D eigenvalue weighted by Gasteiger charge is 2.44. The lowest BCUT2D eigenvalue weighted by molar-refractivity contribution is -0.136. The Morgan fingerprint density at radius 2 is 1.86 bits per heavy atom. The summed E-state index contributed by atoms with van der Waals surface area (Å²) in [5.41, 5.74) is 1.68. The molecule has 29 heavy (non-hydrogen) atoms. The number of hydrogen-bond acceptors (Lipinski definition) is 6. The van der Waals surface area contributed by atoms with Gasteiger partial charge in [-0.3, -0.25) is 29.4 Å². The molecule has 8 heteroatoms. The van der Waals surface area contributed by atoms with E-state index >= 15 is 0 Å². The number of imide groups is 2. The molecule has 3 aliphatic heterocycles. The third-order valence-electron chi connectivity index (χ3n) is 6.19. The van der Waals surface area contributed by atoms with E-state index in [-0.39, 0.29) is 24.2 Å². The highest BCUT2D eigenvalue weighted by atomic mass is 16.2. The number of carbonyl (C=O) groups excluding carboxylic acids is 4. The van der Waals surface area contributed by atoms with Gasteiger partial charge in [-0.25, -0.2) is 0 Å². The van der Waals surface area contributed by atoms with Gasteiger partial charge in [0.15, 0.2) is 0 Å². The number of hydrogen-bond donors (Lipinski definition) is 3. The van der Waals surface area contributed by atoms with Gasteiger partial charge in [-0.05, 0) is 42.5 Å². The standard InChI is InChI=1S/C21H26N4O4/c1-21(2)11-22-8-7-16(21)23-10-12-3-4-13-14(9-12)20(29)25(19(13)28)15-5-6-17(26)24-18(15)27/h3-4,9,15-16,22-23H,5-8,10-11H2,1-2H3,(H,24,26,27). The number of piperidine rings is 2. The maximum absolute atomic E-state index is 12.9. The number of nitrogens with one attached hydrogen (secondary N) is 3. The Labute approximate surface area is 169 Å². The Bertz CT molecular complexity index is 895. The number of carbonyl (C=O) groups is 4. The molecule has 2 fully saturated rings. The van der Waals surface area contributed by atoms with E-state index in [1.54, 1.807) is 12.1 Å². The van der Waals surface area contributed by atoms with Crippen molar-refractivity contribution in [3.05, 3.63) is 34.9 Å². The normalized spacial score (nSPS) is 26.5. The highest BCUT2D eigenvalue weighted by Crippen LogP contribution is 2.29. The predicted octanol–water partition coefficient (Wildman–Crippen LogP) is 0.566. The molecule has 3 N–H and O–H groups in total. The van der Waals surface area contributed by atoms with Crippen LogP contribution >= 0.6 is 0 Å². The summed E-state index contributed by atoms with van der Waals surface area (Å²) in [7, 11) is 0. The molecule has 8 nitrogen and oxygen atoms in total. The summed E-state index contributed by atoms with van der Waals surface area (Å²) in [6.45, 7) is 6.96. The van der Waals surface area contributed by atoms with E-state index in [9.17, 15) is 19.2 Å². The largest absolute Gasteiger partial charge is 0.316 e. The summed E-state index contributed by atoms with van der Waals surface area (Å²) < 4.78 is 0. The van der Waals surface area contributed by atoms with Crippen LogP contribution in [-0.2, 0) is 16.1 Å². The van der Waals surface area contributed by atoms with Crippen LogP contribution in [0.3, 0.4) is 0 Å². The van der Waals surface area contributed by atoms with E-state index in [1.165, 1.54) is 0 Å². The summed E-state index contributed by atoms with van der Waals surface area (Å²) in [6, 6.07) is 4.67. The second-order valence-corrected chi connectivity index (χ2v) is 8.71. The lowest BCUT2D eigenvalue weighted by Crippen LogP contribution is -2.54. The lowest BCUT2D eigenvalue weighted by atomic mass is 9.80. The molecule has 2 saturated heterocycles. The summed E-state index contributed by atoms with van der Waals surface area (Å²) in [5, 5.41) is 9.20. The van der Waals surface area contributed by atoms with Crippen molar-refractivity contribution >= 4 is 23.6 Å². The fourth-order valence-corrected chi connectivity index (χ4v) is 4.42. The predicted molar refractivity (Wildman–Crippen MR) is 105 cm³/mol. The Kier molecular flexibility index (Phi) is 5.00. The molecule has 2 unspecified atom stereocenters. The van der Waals surface area contributed by atoms with E-state index in [0.29, 0.717) is 23.7 Å². The van der Waals surface area contributed by atoms with Gasteiger partial charge in [-0.1, -0.05) is 19.9 Å². The van der Waals surface area contributed by atoms with Crippen LogP contribution in [0.4, 0.5) is 0 Å². The topological polar surface area (TPSA) is 108 Å². The zero-order valence-corrected chi connectivity index (χ0v) is 16.7. The first-order chi connectivity index (χ1) is 13.8. The molecule has 4 rings (SSSR count). The van der Waals surface area contributed by atoms with Crippen molar-refractivity contribution in [3.63, 3.8) is 0 Å². The monoisotopic (exact) mass is 398 g/mol. The zero-order valence-electron chi connectivity index (χ0n) is 16.7. The minimum absolute atomic E-state index is 0.116. The fourth-order valence-electron chi connectivity index (χ4n) is 4.42. The molecule has 0 aliphatic carbocycles. The highest BCUT2D eigenvalue weighted by molar-refractivity contribution is 6.23. The van der Waals surface area contributed by atoms with Crippen molar-refractivity contribution in [1.29, 1.82) is 0 Å². The van der Waals surface area contributed by atoms with Crippen molar-refractivity contribution in [2.24, 2.45) is 5.41 Å². The molecule has 3 heterocycles. The Balaban J connectivity index is 1.50. The van der Waals surface area contributed by atoms with Crippen LogP contribution in [0.1, 0.15) is 59.4 Å². The molecular weight excluding hydrogens is 372 g/mol. The number of rotatable bonds is 4. The average Bonchev–Trinajstić information content (AvgIpc) is 2.91. The summed E-state index contributed by atoms with van der Waals surface area (Å²) in [5.74, 6) is -1.91. The number of amides is 4. The summed E-state index contributed by atoms with van der Waals surface area (Å²) >= 11 is 0. The van der Waals surface area contributed by atoms with Crippen molar-refractivity contribution in [2.75, 3.05) is 13.1 Å². The Morgan fingerprint density at radius 1 is 1.10 bits per heavy atom. The van der Waals surface area contributed by atoms with E-state index in [1.807, 2.05) is 6.07 Å². The fraction of sp³-hybridized carbons (Fsp3) is 0.524. The van der Waals surface area contributed by atoms with Crippen molar-refractivity contribution < 1.29 is 19.2 Å². The summed E-state index contributed by atoms with van der Waals surface area (Å²) in [6.07, 6.45) is 1.30. The lowest BCUT2D eigenvalue weighted by Gasteiger charge is -2.39. The molecule has 154 valence electrons. The minimum Gasteiger partial charge on any atom is -0.316 e. The van der Waals surface area contributed by atoms with Crippen molar-refractivity contribution in [1.82, 2.24) is 20.9 Å². The second kappa shape index (κ2) is 7.35. The zero-order chi connectivity index (χ0) is 20.8. The molecule has 3 aliphatic rings. The summed E-state index contributed by atoms with van der Waals surface area (Å²) in [4.78, 5) is 50.2. The van der Waals surface area contributed by atoms with Crippen LogP contribution in [-0.4, -0.2) is 53.7 Å². The van der Waals surface area contributed by atoms with Crippen LogP contribution in [0, 0.1) is 5.41 Å². The van der Waals surface area contributed by atoms with E-state index in [0.717, 1.165) is 30.0 Å². The third-order valence-corrected chi connectivity index (χ3v) is 6.19. The molecule has 1 aromatic rings. The maximum Gasteiger partial charge on any atom is 0.262 e. The van der Waals surface area contributed by atoms with Crippen molar-refractivity contribution in [2.45, 2.75) is 51.7 Å². The Morgan fingerprint density at radius 3 is 2.59 bits per heavy atom. The van der Waals surface area contributed by atoms with Gasteiger partial charge in [0, 0.05) is 25.6 Å². The molecule has 2 atom stereocenters. The van der Waals surface area contributed by atoms with Gasteiger partial charge in [0.05, 0.1) is 11.1 Å². The molecule has 4 amide bonds. The van der Waals surface area contributed by atoms with Crippen LogP contribution in [0.25, 0.3) is 0 Å². The first-order valence-electron chi connectivity index (χ1n) is 10.1. The molecule has 0 radical (unpaired) electrons. The first-order valence-corrected chi connectivity index (χ1v) is 10.1. The average molecular weight is 398 g/mol. The molecule has 0 bridgehead atoms. The van der Waals surface area contributed by atoms with Crippen LogP contribution in [0.2, 0.25) is 0 Å². The SMILES string of the molecule is CC1(C)CNCCC1NCc1ccc2c(c1)C(=O)N(C1CCC(=O)NC1=O)C2=O. The number of benzene rings is 1. The molecule has 1 aromatic carbocycles. The quantitative estimate of drug-likeness (QED) is 0.640. The van der Waals surface area contributed by atoms with Gasteiger partial charge in [-0.15, -0.1) is 0 Å². The van der Waals surface area contributed by atoms with Crippen LogP contribution < -0.4 is 16.0 Å². The van der Waals surface area contributed by atoms with E-state index < -0.39 is 23.8 Å². The third kappa shape index (κ3) is 3.58. The first kappa shape index (κ1) is 19.7. The van der Waals surface area contributed by atoms with Crippen LogP contribution in [0.15, 0.2) is 18.2 Å². The van der Waals surface area contributed by atoms with Crippen LogP contribution in [0.5, 0.6) is 0 Å². The van der Waals surface area contributed by atoms with Gasteiger partial charge in [0.1, 0.15) is 6.04 Å². The van der Waals surface area contributed by atoms with E-state index in [2.05, 4.69) is 29.8 Å². The number of nitrogens with zero attached hydrogens (tertiary/aromatic N) is 1. The Hall–Kier alpha value is -2.58. The molecule has 0 saturated carbocycles.